The number of thiazole rings is 1. The summed E-state index contributed by atoms with van der Waals surface area (Å²) >= 11 is 1.57. The Labute approximate surface area is 80.0 Å². The van der Waals surface area contributed by atoms with Crippen LogP contribution in [-0.2, 0) is 7.05 Å². The molecule has 0 aliphatic heterocycles. The standard InChI is InChI=1S/C8H10N4S/c1-5-7(6-3-10-4-13-6)11-12(2)8(5)9/h3-4H,9H2,1-2H3. The van der Waals surface area contributed by atoms with Gasteiger partial charge in [0.1, 0.15) is 11.5 Å². The van der Waals surface area contributed by atoms with Crippen molar-refractivity contribution in [2.24, 2.45) is 7.05 Å². The van der Waals surface area contributed by atoms with Crippen LogP contribution in [0.25, 0.3) is 10.6 Å². The van der Waals surface area contributed by atoms with Crippen molar-refractivity contribution in [1.82, 2.24) is 14.8 Å². The molecule has 0 amide bonds. The van der Waals surface area contributed by atoms with E-state index in [1.165, 1.54) is 0 Å². The van der Waals surface area contributed by atoms with Crippen LogP contribution in [0.4, 0.5) is 5.82 Å². The predicted molar refractivity (Wildman–Crippen MR) is 53.5 cm³/mol. The van der Waals surface area contributed by atoms with Gasteiger partial charge in [-0.1, -0.05) is 0 Å². The van der Waals surface area contributed by atoms with Crippen molar-refractivity contribution in [3.63, 3.8) is 0 Å². The van der Waals surface area contributed by atoms with Crippen LogP contribution in [0.15, 0.2) is 11.7 Å². The molecule has 2 aromatic rings. The third-order valence-corrected chi connectivity index (χ3v) is 2.78. The van der Waals surface area contributed by atoms with Crippen molar-refractivity contribution >= 4 is 17.2 Å². The Morgan fingerprint density at radius 3 is 2.77 bits per heavy atom. The summed E-state index contributed by atoms with van der Waals surface area (Å²) in [5.41, 5.74) is 9.54. The molecule has 5 heteroatoms. The van der Waals surface area contributed by atoms with E-state index >= 15 is 0 Å². The highest BCUT2D eigenvalue weighted by Crippen LogP contribution is 2.27. The number of hydrogen-bond donors (Lipinski definition) is 1. The van der Waals surface area contributed by atoms with Gasteiger partial charge in [0.2, 0.25) is 0 Å². The van der Waals surface area contributed by atoms with Crippen LogP contribution in [0.3, 0.4) is 0 Å². The van der Waals surface area contributed by atoms with Gasteiger partial charge in [0.05, 0.1) is 10.4 Å². The number of rotatable bonds is 1. The third kappa shape index (κ3) is 1.21. The maximum atomic E-state index is 5.79. The maximum Gasteiger partial charge on any atom is 0.124 e. The third-order valence-electron chi connectivity index (χ3n) is 2.00. The van der Waals surface area contributed by atoms with Crippen molar-refractivity contribution in [3.05, 3.63) is 17.3 Å². The Bertz CT molecular complexity index is 416. The fourth-order valence-electron chi connectivity index (χ4n) is 1.21. The molecule has 68 valence electrons. The highest BCUT2D eigenvalue weighted by Gasteiger charge is 2.11. The van der Waals surface area contributed by atoms with Crippen molar-refractivity contribution in [3.8, 4) is 10.6 Å². The minimum Gasteiger partial charge on any atom is -0.384 e. The molecule has 2 aromatic heterocycles. The van der Waals surface area contributed by atoms with E-state index in [0.717, 1.165) is 16.1 Å². The maximum absolute atomic E-state index is 5.79. The van der Waals surface area contributed by atoms with E-state index in [1.54, 1.807) is 27.7 Å². The predicted octanol–water partition coefficient (Wildman–Crippen LogP) is 1.43. The Hall–Kier alpha value is -1.36. The van der Waals surface area contributed by atoms with E-state index < -0.39 is 0 Å². The zero-order valence-corrected chi connectivity index (χ0v) is 8.30. The second kappa shape index (κ2) is 2.85. The summed E-state index contributed by atoms with van der Waals surface area (Å²) in [6.07, 6.45) is 1.80. The lowest BCUT2D eigenvalue weighted by molar-refractivity contribution is 0.782. The van der Waals surface area contributed by atoms with E-state index in [-0.39, 0.29) is 0 Å². The highest BCUT2D eigenvalue weighted by molar-refractivity contribution is 7.13. The quantitative estimate of drug-likeness (QED) is 0.747. The molecule has 0 aliphatic carbocycles. The van der Waals surface area contributed by atoms with Crippen LogP contribution in [-0.4, -0.2) is 14.8 Å². The number of aromatic nitrogens is 3. The molecule has 0 saturated heterocycles. The van der Waals surface area contributed by atoms with E-state index in [2.05, 4.69) is 10.1 Å². The van der Waals surface area contributed by atoms with Crippen molar-refractivity contribution in [2.75, 3.05) is 5.73 Å². The van der Waals surface area contributed by atoms with Crippen LogP contribution in [0.1, 0.15) is 5.56 Å². The molecule has 0 radical (unpaired) electrons. The van der Waals surface area contributed by atoms with Gasteiger partial charge >= 0.3 is 0 Å². The number of nitrogen functional groups attached to an aromatic ring is 1. The van der Waals surface area contributed by atoms with Crippen LogP contribution >= 0.6 is 11.3 Å². The summed E-state index contributed by atoms with van der Waals surface area (Å²) in [6.45, 7) is 1.97. The van der Waals surface area contributed by atoms with Gasteiger partial charge in [-0.05, 0) is 6.92 Å². The number of anilines is 1. The summed E-state index contributed by atoms with van der Waals surface area (Å²) in [5, 5.41) is 4.31. The highest BCUT2D eigenvalue weighted by atomic mass is 32.1. The molecule has 0 bridgehead atoms. The Kier molecular flexibility index (Phi) is 1.81. The molecule has 2 heterocycles. The number of aryl methyl sites for hydroxylation is 1. The van der Waals surface area contributed by atoms with Gasteiger partial charge in [0, 0.05) is 18.8 Å². The first-order chi connectivity index (χ1) is 6.20. The first kappa shape index (κ1) is 8.25. The van der Waals surface area contributed by atoms with Crippen LogP contribution < -0.4 is 5.73 Å². The van der Waals surface area contributed by atoms with Gasteiger partial charge in [-0.2, -0.15) is 5.10 Å². The number of nitrogens with zero attached hydrogens (tertiary/aromatic N) is 3. The minimum atomic E-state index is 0.711. The fourth-order valence-corrected chi connectivity index (χ4v) is 1.87. The zero-order valence-electron chi connectivity index (χ0n) is 7.48. The molecule has 0 atom stereocenters. The van der Waals surface area contributed by atoms with Gasteiger partial charge in [-0.25, -0.2) is 0 Å². The van der Waals surface area contributed by atoms with Crippen molar-refractivity contribution < 1.29 is 0 Å². The Balaban J connectivity index is 2.59. The molecule has 0 fully saturated rings. The van der Waals surface area contributed by atoms with E-state index in [0.29, 0.717) is 5.82 Å². The molecular weight excluding hydrogens is 184 g/mol. The molecule has 0 aromatic carbocycles. The molecule has 0 aliphatic rings. The van der Waals surface area contributed by atoms with Crippen LogP contribution in [0.5, 0.6) is 0 Å². The van der Waals surface area contributed by atoms with Gasteiger partial charge in [0.25, 0.3) is 0 Å². The van der Waals surface area contributed by atoms with Gasteiger partial charge in [-0.15, -0.1) is 11.3 Å². The second-order valence-electron chi connectivity index (χ2n) is 2.85. The lowest BCUT2D eigenvalue weighted by Gasteiger charge is -1.91. The summed E-state index contributed by atoms with van der Waals surface area (Å²) in [7, 11) is 1.84. The molecule has 2 rings (SSSR count). The van der Waals surface area contributed by atoms with Gasteiger partial charge in [-0.3, -0.25) is 9.67 Å². The van der Waals surface area contributed by atoms with Crippen molar-refractivity contribution in [1.29, 1.82) is 0 Å². The average Bonchev–Trinajstić information content (AvgIpc) is 2.70. The summed E-state index contributed by atoms with van der Waals surface area (Å²) in [4.78, 5) is 5.07. The van der Waals surface area contributed by atoms with E-state index in [1.807, 2.05) is 14.0 Å². The molecular formula is C8H10N4S. The molecule has 0 saturated carbocycles. The molecule has 0 spiro atoms. The van der Waals surface area contributed by atoms with Gasteiger partial charge in [0.15, 0.2) is 0 Å². The Morgan fingerprint density at radius 1 is 1.54 bits per heavy atom. The fraction of sp³-hybridized carbons (Fsp3) is 0.250. The molecule has 0 unspecified atom stereocenters. The monoisotopic (exact) mass is 194 g/mol. The lowest BCUT2D eigenvalue weighted by atomic mass is 10.2. The first-order valence-corrected chi connectivity index (χ1v) is 4.76. The lowest BCUT2D eigenvalue weighted by Crippen LogP contribution is -1.97. The topological polar surface area (TPSA) is 56.7 Å². The smallest absolute Gasteiger partial charge is 0.124 e. The second-order valence-corrected chi connectivity index (χ2v) is 3.73. The zero-order chi connectivity index (χ0) is 9.42. The van der Waals surface area contributed by atoms with Gasteiger partial charge < -0.3 is 5.73 Å². The van der Waals surface area contributed by atoms with Crippen LogP contribution in [0.2, 0.25) is 0 Å². The summed E-state index contributed by atoms with van der Waals surface area (Å²) in [6, 6.07) is 0. The summed E-state index contributed by atoms with van der Waals surface area (Å²) in [5.74, 6) is 0.711. The SMILES string of the molecule is Cc1c(-c2cncs2)nn(C)c1N. The van der Waals surface area contributed by atoms with Crippen molar-refractivity contribution in [2.45, 2.75) is 6.92 Å². The van der Waals surface area contributed by atoms with Crippen LogP contribution in [0, 0.1) is 6.92 Å². The largest absolute Gasteiger partial charge is 0.384 e. The molecule has 13 heavy (non-hydrogen) atoms. The number of nitrogens with two attached hydrogens (primary N) is 1. The Morgan fingerprint density at radius 2 is 2.31 bits per heavy atom. The van der Waals surface area contributed by atoms with E-state index in [9.17, 15) is 0 Å². The summed E-state index contributed by atoms with van der Waals surface area (Å²) < 4.78 is 1.68. The van der Waals surface area contributed by atoms with E-state index in [4.69, 9.17) is 5.73 Å². The first-order valence-electron chi connectivity index (χ1n) is 3.88. The molecule has 2 N–H and O–H groups in total. The normalized spacial score (nSPS) is 10.6. The average molecular weight is 194 g/mol. The number of hydrogen-bond acceptors (Lipinski definition) is 4. The minimum absolute atomic E-state index is 0.711. The molecule has 4 nitrogen and oxygen atoms in total.